The molecule has 2 N–H and O–H groups in total. The molecular formula is C10H14BrNOS. The van der Waals surface area contributed by atoms with Crippen LogP contribution in [0, 0.1) is 0 Å². The van der Waals surface area contributed by atoms with E-state index in [1.54, 1.807) is 0 Å². The van der Waals surface area contributed by atoms with Gasteiger partial charge in [-0.05, 0) is 33.6 Å². The van der Waals surface area contributed by atoms with Crippen LogP contribution < -0.4 is 5.48 Å². The van der Waals surface area contributed by atoms with Gasteiger partial charge < -0.3 is 5.21 Å². The van der Waals surface area contributed by atoms with E-state index < -0.39 is 0 Å². The lowest BCUT2D eigenvalue weighted by atomic mass is 10.2. The average Bonchev–Trinajstić information content (AvgIpc) is 2.10. The predicted octanol–water partition coefficient (Wildman–Crippen LogP) is 3.43. The quantitative estimate of drug-likeness (QED) is 0.652. The molecule has 0 atom stereocenters. The highest BCUT2D eigenvalue weighted by atomic mass is 79.9. The molecule has 0 heterocycles. The molecular weight excluding hydrogens is 262 g/mol. The molecule has 0 aromatic heterocycles. The lowest BCUT2D eigenvalue weighted by Crippen LogP contribution is -2.05. The lowest BCUT2D eigenvalue weighted by molar-refractivity contribution is 0.161. The van der Waals surface area contributed by atoms with Crippen molar-refractivity contribution in [1.29, 1.82) is 0 Å². The first-order chi connectivity index (χ1) is 6.63. The Morgan fingerprint density at radius 1 is 1.50 bits per heavy atom. The Labute approximate surface area is 97.2 Å². The number of hydrogen-bond acceptors (Lipinski definition) is 3. The minimum Gasteiger partial charge on any atom is -0.316 e. The van der Waals surface area contributed by atoms with E-state index in [1.807, 2.05) is 23.9 Å². The van der Waals surface area contributed by atoms with Gasteiger partial charge in [0.05, 0.1) is 0 Å². The van der Waals surface area contributed by atoms with Crippen molar-refractivity contribution < 1.29 is 5.21 Å². The number of benzene rings is 1. The third-order valence-electron chi connectivity index (χ3n) is 1.64. The Balaban J connectivity index is 2.79. The van der Waals surface area contributed by atoms with Crippen molar-refractivity contribution in [2.24, 2.45) is 0 Å². The molecule has 0 saturated heterocycles. The van der Waals surface area contributed by atoms with Crippen molar-refractivity contribution in [1.82, 2.24) is 5.48 Å². The number of rotatable bonds is 4. The highest BCUT2D eigenvalue weighted by Crippen LogP contribution is 2.31. The molecule has 0 aliphatic heterocycles. The third kappa shape index (κ3) is 3.61. The molecule has 0 fully saturated rings. The zero-order valence-electron chi connectivity index (χ0n) is 8.25. The second-order valence-corrected chi connectivity index (χ2v) is 5.74. The fraction of sp³-hybridized carbons (Fsp3) is 0.400. The molecule has 0 aliphatic rings. The first kappa shape index (κ1) is 12.0. The van der Waals surface area contributed by atoms with Crippen LogP contribution in [0.4, 0.5) is 0 Å². The van der Waals surface area contributed by atoms with Crippen LogP contribution in [-0.4, -0.2) is 10.5 Å². The van der Waals surface area contributed by atoms with Crippen LogP contribution in [-0.2, 0) is 6.54 Å². The van der Waals surface area contributed by atoms with Gasteiger partial charge in [0.15, 0.2) is 0 Å². The van der Waals surface area contributed by atoms with Crippen LogP contribution in [0.5, 0.6) is 0 Å². The summed E-state index contributed by atoms with van der Waals surface area (Å²) in [5.41, 5.74) is 3.21. The topological polar surface area (TPSA) is 32.3 Å². The van der Waals surface area contributed by atoms with Gasteiger partial charge in [0.1, 0.15) is 0 Å². The molecule has 1 rings (SSSR count). The molecule has 14 heavy (non-hydrogen) atoms. The Morgan fingerprint density at radius 3 is 2.71 bits per heavy atom. The van der Waals surface area contributed by atoms with Crippen molar-refractivity contribution >= 4 is 27.7 Å². The van der Waals surface area contributed by atoms with Gasteiger partial charge in [-0.15, -0.1) is 11.8 Å². The summed E-state index contributed by atoms with van der Waals surface area (Å²) in [6.45, 7) is 4.81. The first-order valence-electron chi connectivity index (χ1n) is 4.45. The lowest BCUT2D eigenvalue weighted by Gasteiger charge is -2.08. The summed E-state index contributed by atoms with van der Waals surface area (Å²) >= 11 is 5.34. The van der Waals surface area contributed by atoms with Crippen LogP contribution in [0.2, 0.25) is 0 Å². The van der Waals surface area contributed by atoms with E-state index in [-0.39, 0.29) is 0 Å². The average molecular weight is 276 g/mol. The Bertz CT molecular complexity index is 304. The van der Waals surface area contributed by atoms with E-state index in [1.165, 1.54) is 4.90 Å². The smallest absolute Gasteiger partial charge is 0.0458 e. The van der Waals surface area contributed by atoms with Crippen LogP contribution in [0.25, 0.3) is 0 Å². The minimum absolute atomic E-state index is 0.477. The molecule has 2 nitrogen and oxygen atoms in total. The van der Waals surface area contributed by atoms with Gasteiger partial charge in [-0.2, -0.15) is 0 Å². The van der Waals surface area contributed by atoms with E-state index in [2.05, 4.69) is 41.3 Å². The predicted molar refractivity (Wildman–Crippen MR) is 63.8 cm³/mol. The summed E-state index contributed by atoms with van der Waals surface area (Å²) in [5, 5.41) is 9.13. The zero-order chi connectivity index (χ0) is 10.6. The monoisotopic (exact) mass is 275 g/mol. The highest BCUT2D eigenvalue weighted by Gasteiger charge is 2.04. The fourth-order valence-electron chi connectivity index (χ4n) is 1.10. The maximum absolute atomic E-state index is 8.55. The van der Waals surface area contributed by atoms with Crippen molar-refractivity contribution in [2.45, 2.75) is 30.5 Å². The molecule has 0 saturated carbocycles. The Morgan fingerprint density at radius 2 is 2.21 bits per heavy atom. The van der Waals surface area contributed by atoms with Gasteiger partial charge in [0.2, 0.25) is 0 Å². The van der Waals surface area contributed by atoms with Crippen molar-refractivity contribution in [2.75, 3.05) is 0 Å². The fourth-order valence-corrected chi connectivity index (χ4v) is 2.63. The number of hydroxylamine groups is 1. The summed E-state index contributed by atoms with van der Waals surface area (Å²) in [4.78, 5) is 1.24. The minimum atomic E-state index is 0.477. The summed E-state index contributed by atoms with van der Waals surface area (Å²) in [6.07, 6.45) is 0. The second-order valence-electron chi connectivity index (χ2n) is 3.27. The van der Waals surface area contributed by atoms with Gasteiger partial charge in [0.25, 0.3) is 0 Å². The van der Waals surface area contributed by atoms with Crippen LogP contribution >= 0.6 is 27.7 Å². The molecule has 0 radical (unpaired) electrons. The first-order valence-corrected chi connectivity index (χ1v) is 6.12. The molecule has 78 valence electrons. The number of hydrogen-bond donors (Lipinski definition) is 2. The number of halogens is 1. The number of thioether (sulfide) groups is 1. The molecule has 0 aliphatic carbocycles. The summed E-state index contributed by atoms with van der Waals surface area (Å²) < 4.78 is 1.09. The second kappa shape index (κ2) is 5.75. The molecule has 0 unspecified atom stereocenters. The highest BCUT2D eigenvalue weighted by molar-refractivity contribution is 9.10. The maximum Gasteiger partial charge on any atom is 0.0458 e. The van der Waals surface area contributed by atoms with Crippen molar-refractivity contribution in [3.63, 3.8) is 0 Å². The molecule has 0 bridgehead atoms. The SMILES string of the molecule is CC(C)Sc1ccc(CNO)cc1Br. The van der Waals surface area contributed by atoms with Crippen LogP contribution in [0.15, 0.2) is 27.6 Å². The summed E-state index contributed by atoms with van der Waals surface area (Å²) in [6, 6.07) is 6.11. The number of nitrogens with one attached hydrogen (secondary N) is 1. The van der Waals surface area contributed by atoms with Crippen molar-refractivity contribution in [3.05, 3.63) is 28.2 Å². The van der Waals surface area contributed by atoms with E-state index in [0.717, 1.165) is 10.0 Å². The third-order valence-corrected chi connectivity index (χ3v) is 3.64. The van der Waals surface area contributed by atoms with Gasteiger partial charge in [-0.3, -0.25) is 0 Å². The van der Waals surface area contributed by atoms with E-state index in [4.69, 9.17) is 5.21 Å². The standard InChI is InChI=1S/C10H14BrNOS/c1-7(2)14-10-4-3-8(6-12-13)5-9(10)11/h3-5,7,12-13H,6H2,1-2H3. The van der Waals surface area contributed by atoms with Gasteiger partial charge >= 0.3 is 0 Å². The van der Waals surface area contributed by atoms with Gasteiger partial charge in [0, 0.05) is 21.2 Å². The van der Waals surface area contributed by atoms with E-state index >= 15 is 0 Å². The maximum atomic E-state index is 8.55. The van der Waals surface area contributed by atoms with E-state index in [0.29, 0.717) is 11.8 Å². The Kier molecular flexibility index (Phi) is 4.95. The normalized spacial score (nSPS) is 10.9. The zero-order valence-corrected chi connectivity index (χ0v) is 10.7. The van der Waals surface area contributed by atoms with Crippen LogP contribution in [0.3, 0.4) is 0 Å². The Hall–Kier alpha value is -0.0300. The molecule has 4 heteroatoms. The molecule has 1 aromatic carbocycles. The summed E-state index contributed by atoms with van der Waals surface area (Å²) in [5.74, 6) is 0. The van der Waals surface area contributed by atoms with Crippen LogP contribution in [0.1, 0.15) is 19.4 Å². The molecule has 1 aromatic rings. The molecule has 0 spiro atoms. The largest absolute Gasteiger partial charge is 0.316 e. The van der Waals surface area contributed by atoms with Gasteiger partial charge in [-0.25, -0.2) is 5.48 Å². The molecule has 0 amide bonds. The summed E-state index contributed by atoms with van der Waals surface area (Å²) in [7, 11) is 0. The van der Waals surface area contributed by atoms with Gasteiger partial charge in [-0.1, -0.05) is 19.9 Å². The van der Waals surface area contributed by atoms with Crippen molar-refractivity contribution in [3.8, 4) is 0 Å². The van der Waals surface area contributed by atoms with E-state index in [9.17, 15) is 0 Å².